The van der Waals surface area contributed by atoms with Crippen LogP contribution in [0.3, 0.4) is 0 Å². The van der Waals surface area contributed by atoms with Gasteiger partial charge in [-0.05, 0) is 68.7 Å². The van der Waals surface area contributed by atoms with Crippen LogP contribution in [0.5, 0.6) is 0 Å². The van der Waals surface area contributed by atoms with Crippen molar-refractivity contribution in [1.82, 2.24) is 29.7 Å². The summed E-state index contributed by atoms with van der Waals surface area (Å²) in [6.07, 6.45) is 13.5. The predicted molar refractivity (Wildman–Crippen MR) is 129 cm³/mol. The molecule has 1 saturated carbocycles. The molecule has 0 spiro atoms. The maximum atomic E-state index is 4.78. The molecule has 1 saturated heterocycles. The highest BCUT2D eigenvalue weighted by atomic mass is 15.3. The van der Waals surface area contributed by atoms with Crippen LogP contribution in [0.15, 0.2) is 43.0 Å². The Balaban J connectivity index is 1.18. The molecule has 0 N–H and O–H groups in total. The third kappa shape index (κ3) is 3.86. The van der Waals surface area contributed by atoms with Gasteiger partial charge in [-0.2, -0.15) is 5.10 Å². The van der Waals surface area contributed by atoms with Gasteiger partial charge >= 0.3 is 0 Å². The van der Waals surface area contributed by atoms with E-state index in [0.717, 1.165) is 71.8 Å². The van der Waals surface area contributed by atoms with Crippen molar-refractivity contribution in [2.75, 3.05) is 18.0 Å². The topological polar surface area (TPSA) is 72.6 Å². The van der Waals surface area contributed by atoms with Crippen molar-refractivity contribution in [3.05, 3.63) is 59.9 Å². The second-order valence-electron chi connectivity index (χ2n) is 9.32. The number of fused-ring (bicyclic) bond motifs is 1. The molecule has 7 nitrogen and oxygen atoms in total. The fourth-order valence-electron chi connectivity index (χ4n) is 4.90. The van der Waals surface area contributed by atoms with Crippen LogP contribution in [0.4, 0.5) is 5.95 Å². The molecule has 7 heteroatoms. The van der Waals surface area contributed by atoms with Gasteiger partial charge in [0.1, 0.15) is 0 Å². The van der Waals surface area contributed by atoms with E-state index >= 15 is 0 Å². The summed E-state index contributed by atoms with van der Waals surface area (Å²) < 4.78 is 2.16. The van der Waals surface area contributed by atoms with Crippen molar-refractivity contribution in [3.8, 4) is 11.3 Å². The smallest absolute Gasteiger partial charge is 0.225 e. The fourth-order valence-corrected chi connectivity index (χ4v) is 4.90. The molecule has 168 valence electrons. The highest BCUT2D eigenvalue weighted by Crippen LogP contribution is 2.39. The zero-order chi connectivity index (χ0) is 22.4. The molecule has 2 fully saturated rings. The molecule has 4 aromatic rings. The van der Waals surface area contributed by atoms with E-state index in [1.807, 2.05) is 24.8 Å². The SMILES string of the molecule is CCc1ccc(-c2cc3cnn(C4CCN(c5ncc(C6CC6)cn5)CC4)c3cn2)c(C)n1. The highest BCUT2D eigenvalue weighted by Gasteiger charge is 2.26. The van der Waals surface area contributed by atoms with Crippen molar-refractivity contribution in [1.29, 1.82) is 0 Å². The quantitative estimate of drug-likeness (QED) is 0.442. The minimum absolute atomic E-state index is 0.365. The standard InChI is InChI=1S/C26H29N7/c1-3-21-6-7-23(17(2)31-21)24-12-19-15-30-33(25(19)16-27-24)22-8-10-32(11-9-22)26-28-13-20(14-29-26)18-4-5-18/h6-7,12-16,18,22H,3-5,8-11H2,1-2H3. The highest BCUT2D eigenvalue weighted by molar-refractivity contribution is 5.82. The molecule has 0 atom stereocenters. The lowest BCUT2D eigenvalue weighted by Crippen LogP contribution is -2.36. The lowest BCUT2D eigenvalue weighted by molar-refractivity contribution is 0.373. The minimum atomic E-state index is 0.365. The summed E-state index contributed by atoms with van der Waals surface area (Å²) in [5.74, 6) is 1.55. The molecule has 0 bridgehead atoms. The van der Waals surface area contributed by atoms with Gasteiger partial charge in [0.15, 0.2) is 0 Å². The van der Waals surface area contributed by atoms with Gasteiger partial charge < -0.3 is 4.90 Å². The number of anilines is 1. The van der Waals surface area contributed by atoms with Crippen LogP contribution in [0, 0.1) is 6.92 Å². The van der Waals surface area contributed by atoms with Gasteiger partial charge in [-0.25, -0.2) is 9.97 Å². The van der Waals surface area contributed by atoms with Crippen molar-refractivity contribution in [2.45, 2.75) is 57.9 Å². The first-order valence-corrected chi connectivity index (χ1v) is 12.1. The molecular formula is C26H29N7. The zero-order valence-electron chi connectivity index (χ0n) is 19.3. The molecule has 0 amide bonds. The largest absolute Gasteiger partial charge is 0.341 e. The van der Waals surface area contributed by atoms with E-state index in [0.29, 0.717) is 12.0 Å². The van der Waals surface area contributed by atoms with E-state index in [1.54, 1.807) is 0 Å². The predicted octanol–water partition coefficient (Wildman–Crippen LogP) is 4.87. The third-order valence-corrected chi connectivity index (χ3v) is 7.06. The summed E-state index contributed by atoms with van der Waals surface area (Å²) in [6, 6.07) is 6.73. The van der Waals surface area contributed by atoms with E-state index in [1.165, 1.54) is 18.4 Å². The maximum Gasteiger partial charge on any atom is 0.225 e. The fraction of sp³-hybridized carbons (Fsp3) is 0.423. The summed E-state index contributed by atoms with van der Waals surface area (Å²) in [4.78, 5) is 21.0. The Morgan fingerprint density at radius 3 is 2.42 bits per heavy atom. The number of hydrogen-bond acceptors (Lipinski definition) is 6. The Kier molecular flexibility index (Phi) is 5.04. The zero-order valence-corrected chi connectivity index (χ0v) is 19.3. The van der Waals surface area contributed by atoms with Gasteiger partial charge in [-0.15, -0.1) is 0 Å². The van der Waals surface area contributed by atoms with E-state index in [4.69, 9.17) is 15.1 Å². The van der Waals surface area contributed by atoms with Crippen LogP contribution in [0.1, 0.15) is 61.5 Å². The molecular weight excluding hydrogens is 410 g/mol. The van der Waals surface area contributed by atoms with E-state index < -0.39 is 0 Å². The van der Waals surface area contributed by atoms with Crippen LogP contribution in [-0.4, -0.2) is 42.8 Å². The number of aromatic nitrogens is 6. The number of piperidine rings is 1. The van der Waals surface area contributed by atoms with Crippen LogP contribution in [0.2, 0.25) is 0 Å². The Labute approximate surface area is 193 Å². The first-order valence-electron chi connectivity index (χ1n) is 12.1. The lowest BCUT2D eigenvalue weighted by atomic mass is 10.0. The molecule has 2 aliphatic rings. The van der Waals surface area contributed by atoms with Crippen LogP contribution in [0.25, 0.3) is 22.2 Å². The van der Waals surface area contributed by atoms with Crippen molar-refractivity contribution < 1.29 is 0 Å². The van der Waals surface area contributed by atoms with E-state index in [-0.39, 0.29) is 0 Å². The summed E-state index contributed by atoms with van der Waals surface area (Å²) in [6.45, 7) is 6.06. The molecule has 1 aliphatic carbocycles. The first kappa shape index (κ1) is 20.3. The van der Waals surface area contributed by atoms with Crippen LogP contribution < -0.4 is 4.90 Å². The molecule has 4 aromatic heterocycles. The molecule has 0 radical (unpaired) electrons. The van der Waals surface area contributed by atoms with Crippen molar-refractivity contribution >= 4 is 16.9 Å². The first-order chi connectivity index (χ1) is 16.2. The van der Waals surface area contributed by atoms with Crippen molar-refractivity contribution in [3.63, 3.8) is 0 Å². The van der Waals surface area contributed by atoms with Gasteiger partial charge in [0.25, 0.3) is 0 Å². The summed E-state index contributed by atoms with van der Waals surface area (Å²) >= 11 is 0. The second kappa shape index (κ2) is 8.21. The number of rotatable bonds is 5. The van der Waals surface area contributed by atoms with Gasteiger partial charge in [0.05, 0.1) is 29.6 Å². The summed E-state index contributed by atoms with van der Waals surface area (Å²) in [5, 5.41) is 5.88. The molecule has 33 heavy (non-hydrogen) atoms. The second-order valence-corrected chi connectivity index (χ2v) is 9.32. The number of hydrogen-bond donors (Lipinski definition) is 0. The Morgan fingerprint density at radius 1 is 0.939 bits per heavy atom. The van der Waals surface area contributed by atoms with Gasteiger partial charge in [0, 0.05) is 47.8 Å². The molecule has 6 rings (SSSR count). The van der Waals surface area contributed by atoms with Gasteiger partial charge in [-0.3, -0.25) is 14.6 Å². The Bertz CT molecular complexity index is 1280. The summed E-state index contributed by atoms with van der Waals surface area (Å²) in [5.41, 5.74) is 6.56. The Hall–Kier alpha value is -3.35. The average Bonchev–Trinajstić information content (AvgIpc) is 3.63. The van der Waals surface area contributed by atoms with Crippen LogP contribution >= 0.6 is 0 Å². The average molecular weight is 440 g/mol. The van der Waals surface area contributed by atoms with Gasteiger partial charge in [-0.1, -0.05) is 6.92 Å². The maximum absolute atomic E-state index is 4.78. The number of nitrogens with zero attached hydrogens (tertiary/aromatic N) is 7. The van der Waals surface area contributed by atoms with Crippen molar-refractivity contribution in [2.24, 2.45) is 0 Å². The summed E-state index contributed by atoms with van der Waals surface area (Å²) in [7, 11) is 0. The third-order valence-electron chi connectivity index (χ3n) is 7.06. The molecule has 5 heterocycles. The normalized spacial score (nSPS) is 17.1. The monoisotopic (exact) mass is 439 g/mol. The lowest BCUT2D eigenvalue weighted by Gasteiger charge is -2.32. The van der Waals surface area contributed by atoms with Gasteiger partial charge in [0.2, 0.25) is 5.95 Å². The minimum Gasteiger partial charge on any atom is -0.341 e. The van der Waals surface area contributed by atoms with E-state index in [9.17, 15) is 0 Å². The number of aryl methyl sites for hydroxylation is 2. The van der Waals surface area contributed by atoms with Crippen LogP contribution in [-0.2, 0) is 6.42 Å². The van der Waals surface area contributed by atoms with E-state index in [2.05, 4.69) is 51.6 Å². The Morgan fingerprint density at radius 2 is 1.73 bits per heavy atom. The molecule has 0 unspecified atom stereocenters. The molecule has 1 aliphatic heterocycles. The number of pyridine rings is 2. The molecule has 0 aromatic carbocycles.